The molecule has 2 nitrogen and oxygen atoms in total. The summed E-state index contributed by atoms with van der Waals surface area (Å²) in [6, 6.07) is 10.3. The summed E-state index contributed by atoms with van der Waals surface area (Å²) >= 11 is 2.36. The van der Waals surface area contributed by atoms with Gasteiger partial charge < -0.3 is 0 Å². The van der Waals surface area contributed by atoms with E-state index in [1.807, 2.05) is 45.9 Å². The van der Waals surface area contributed by atoms with Gasteiger partial charge in [0.1, 0.15) is 0 Å². The zero-order chi connectivity index (χ0) is 13.6. The fourth-order valence-corrected chi connectivity index (χ4v) is 4.28. The van der Waals surface area contributed by atoms with Crippen molar-refractivity contribution in [1.82, 2.24) is 5.06 Å². The maximum Gasteiger partial charge on any atom is 0.0701 e. The molecular weight excluding hydrogens is 337 g/mol. The number of nitrogens with zero attached hydrogens (tertiary/aromatic N) is 1. The molecule has 3 heteroatoms. The Hall–Kier alpha value is -0.390. The van der Waals surface area contributed by atoms with Crippen LogP contribution in [0.2, 0.25) is 0 Å². The quantitative estimate of drug-likeness (QED) is 0.578. The van der Waals surface area contributed by atoms with E-state index in [-0.39, 0.29) is 0 Å². The minimum Gasteiger partial charge on any atom is -0.135 e. The summed E-state index contributed by atoms with van der Waals surface area (Å²) in [5.74, 6) is 0. The highest BCUT2D eigenvalue weighted by Crippen LogP contribution is 2.49. The van der Waals surface area contributed by atoms with E-state index >= 15 is 0 Å². The average molecular weight is 356 g/mol. The number of hydroxylamine groups is 2. The maximum absolute atomic E-state index is 12.6. The van der Waals surface area contributed by atoms with Gasteiger partial charge in [0.05, 0.1) is 11.1 Å². The van der Waals surface area contributed by atoms with Crippen LogP contribution in [0.5, 0.6) is 0 Å². The molecule has 1 radical (unpaired) electrons. The van der Waals surface area contributed by atoms with E-state index in [1.165, 1.54) is 21.8 Å². The SMILES string of the molecule is CC1(C)C(CI)=C(c2ccccc2)C(C)(C)N1[O]. The van der Waals surface area contributed by atoms with Gasteiger partial charge >= 0.3 is 0 Å². The fourth-order valence-electron chi connectivity index (χ4n) is 2.96. The van der Waals surface area contributed by atoms with E-state index in [4.69, 9.17) is 0 Å². The van der Waals surface area contributed by atoms with Crippen molar-refractivity contribution in [2.24, 2.45) is 0 Å². The molecule has 1 heterocycles. The molecule has 1 aromatic rings. The lowest BCUT2D eigenvalue weighted by Gasteiger charge is -2.34. The number of alkyl halides is 1. The molecule has 0 atom stereocenters. The largest absolute Gasteiger partial charge is 0.135 e. The highest BCUT2D eigenvalue weighted by molar-refractivity contribution is 14.1. The molecule has 0 saturated carbocycles. The van der Waals surface area contributed by atoms with Gasteiger partial charge in [-0.05, 0) is 44.4 Å². The Balaban J connectivity index is 2.67. The van der Waals surface area contributed by atoms with Crippen LogP contribution in [0, 0.1) is 0 Å². The first kappa shape index (κ1) is 14.0. The minimum absolute atomic E-state index is 0.421. The van der Waals surface area contributed by atoms with E-state index < -0.39 is 11.1 Å². The molecule has 0 fully saturated rings. The van der Waals surface area contributed by atoms with Gasteiger partial charge in [0.2, 0.25) is 0 Å². The number of halogens is 1. The van der Waals surface area contributed by atoms with Crippen molar-refractivity contribution >= 4 is 28.2 Å². The summed E-state index contributed by atoms with van der Waals surface area (Å²) in [7, 11) is 0. The Morgan fingerprint density at radius 2 is 1.61 bits per heavy atom. The van der Waals surface area contributed by atoms with Crippen LogP contribution in [0.15, 0.2) is 35.9 Å². The summed E-state index contributed by atoms with van der Waals surface area (Å²) < 4.78 is 0.886. The monoisotopic (exact) mass is 356 g/mol. The third-order valence-electron chi connectivity index (χ3n) is 3.86. The molecule has 18 heavy (non-hydrogen) atoms. The molecule has 1 aliphatic heterocycles. The van der Waals surface area contributed by atoms with Crippen LogP contribution in [0.4, 0.5) is 0 Å². The Morgan fingerprint density at radius 3 is 2.11 bits per heavy atom. The highest BCUT2D eigenvalue weighted by Gasteiger charge is 2.51. The van der Waals surface area contributed by atoms with Crippen LogP contribution in [-0.4, -0.2) is 20.6 Å². The third kappa shape index (κ3) is 1.92. The lowest BCUT2D eigenvalue weighted by atomic mass is 9.86. The van der Waals surface area contributed by atoms with Crippen molar-refractivity contribution in [3.8, 4) is 0 Å². The number of hydrogen-bond donors (Lipinski definition) is 0. The predicted octanol–water partition coefficient (Wildman–Crippen LogP) is 4.09. The van der Waals surface area contributed by atoms with Gasteiger partial charge in [-0.3, -0.25) is 0 Å². The van der Waals surface area contributed by atoms with Crippen molar-refractivity contribution < 1.29 is 5.21 Å². The highest BCUT2D eigenvalue weighted by atomic mass is 127. The molecular formula is C15H19INO. The van der Waals surface area contributed by atoms with Crippen molar-refractivity contribution in [3.05, 3.63) is 41.5 Å². The van der Waals surface area contributed by atoms with Crippen molar-refractivity contribution in [1.29, 1.82) is 0 Å². The van der Waals surface area contributed by atoms with Crippen LogP contribution < -0.4 is 0 Å². The Kier molecular flexibility index (Phi) is 3.60. The first-order valence-electron chi connectivity index (χ1n) is 6.16. The first-order chi connectivity index (χ1) is 8.33. The summed E-state index contributed by atoms with van der Waals surface area (Å²) in [4.78, 5) is 0. The topological polar surface area (TPSA) is 23.1 Å². The van der Waals surface area contributed by atoms with Gasteiger partial charge in [-0.1, -0.05) is 52.9 Å². The second kappa shape index (κ2) is 4.62. The summed E-state index contributed by atoms with van der Waals surface area (Å²) in [5.41, 5.74) is 2.72. The van der Waals surface area contributed by atoms with E-state index in [2.05, 4.69) is 34.7 Å². The van der Waals surface area contributed by atoms with Crippen molar-refractivity contribution in [2.75, 3.05) is 4.43 Å². The van der Waals surface area contributed by atoms with Crippen LogP contribution in [-0.2, 0) is 5.21 Å². The molecule has 0 amide bonds. The first-order valence-corrected chi connectivity index (χ1v) is 7.69. The molecule has 1 aromatic carbocycles. The molecule has 0 unspecified atom stereocenters. The van der Waals surface area contributed by atoms with Gasteiger partial charge in [0, 0.05) is 4.43 Å². The van der Waals surface area contributed by atoms with E-state index in [0.29, 0.717) is 0 Å². The molecule has 1 aliphatic rings. The Bertz CT molecular complexity index is 477. The Morgan fingerprint density at radius 1 is 1.06 bits per heavy atom. The summed E-state index contributed by atoms with van der Waals surface area (Å²) in [6.45, 7) is 8.07. The zero-order valence-electron chi connectivity index (χ0n) is 11.3. The lowest BCUT2D eigenvalue weighted by molar-refractivity contribution is -0.236. The van der Waals surface area contributed by atoms with Crippen LogP contribution >= 0.6 is 22.6 Å². The van der Waals surface area contributed by atoms with Crippen molar-refractivity contribution in [2.45, 2.75) is 38.8 Å². The molecule has 97 valence electrons. The molecule has 0 spiro atoms. The summed E-state index contributed by atoms with van der Waals surface area (Å²) in [5, 5.41) is 13.8. The molecule has 2 rings (SSSR count). The van der Waals surface area contributed by atoms with Gasteiger partial charge in [0.15, 0.2) is 0 Å². The Labute approximate surface area is 123 Å². The van der Waals surface area contributed by atoms with E-state index in [0.717, 1.165) is 4.43 Å². The number of rotatable bonds is 2. The molecule has 0 saturated heterocycles. The maximum atomic E-state index is 12.6. The van der Waals surface area contributed by atoms with Gasteiger partial charge in [-0.25, -0.2) is 0 Å². The fraction of sp³-hybridized carbons (Fsp3) is 0.467. The minimum atomic E-state index is -0.467. The van der Waals surface area contributed by atoms with E-state index in [9.17, 15) is 5.21 Å². The lowest BCUT2D eigenvalue weighted by Crippen LogP contribution is -2.47. The standard InChI is InChI=1S/C15H19INO/c1-14(2)12(10-16)13(15(3,4)17(14)18)11-8-6-5-7-9-11/h5-9H,10H2,1-4H3. The number of hydrogen-bond acceptors (Lipinski definition) is 1. The predicted molar refractivity (Wildman–Crippen MR) is 82.9 cm³/mol. The second-order valence-corrected chi connectivity index (χ2v) is 6.53. The van der Waals surface area contributed by atoms with Crippen LogP contribution in [0.25, 0.3) is 5.57 Å². The van der Waals surface area contributed by atoms with Crippen LogP contribution in [0.3, 0.4) is 0 Å². The average Bonchev–Trinajstić information content (AvgIpc) is 2.47. The summed E-state index contributed by atoms with van der Waals surface area (Å²) in [6.07, 6.45) is 0. The van der Waals surface area contributed by atoms with Crippen LogP contribution in [0.1, 0.15) is 33.3 Å². The van der Waals surface area contributed by atoms with Gasteiger partial charge in [0.25, 0.3) is 0 Å². The van der Waals surface area contributed by atoms with E-state index in [1.54, 1.807) is 0 Å². The molecule has 0 aromatic heterocycles. The smallest absolute Gasteiger partial charge is 0.0701 e. The molecule has 0 aliphatic carbocycles. The number of benzene rings is 1. The third-order valence-corrected chi connectivity index (χ3v) is 4.63. The van der Waals surface area contributed by atoms with Crippen molar-refractivity contribution in [3.63, 3.8) is 0 Å². The second-order valence-electron chi connectivity index (χ2n) is 5.77. The molecule has 0 bridgehead atoms. The molecule has 0 N–H and O–H groups in total. The van der Waals surface area contributed by atoms with Gasteiger partial charge in [-0.2, -0.15) is 0 Å². The normalized spacial score (nSPS) is 22.6. The zero-order valence-corrected chi connectivity index (χ0v) is 13.5. The van der Waals surface area contributed by atoms with Gasteiger partial charge in [-0.15, -0.1) is 10.3 Å².